The molecule has 7 heteroatoms. The van der Waals surface area contributed by atoms with Crippen molar-refractivity contribution in [2.45, 2.75) is 25.8 Å². The lowest BCUT2D eigenvalue weighted by Gasteiger charge is -2.39. The summed E-state index contributed by atoms with van der Waals surface area (Å²) in [6, 6.07) is 6.47. The molecule has 1 N–H and O–H groups in total. The molecule has 1 aliphatic heterocycles. The van der Waals surface area contributed by atoms with E-state index in [4.69, 9.17) is 9.47 Å². The van der Waals surface area contributed by atoms with Crippen LogP contribution in [0.4, 0.5) is 0 Å². The van der Waals surface area contributed by atoms with Gasteiger partial charge < -0.3 is 24.3 Å². The van der Waals surface area contributed by atoms with Crippen molar-refractivity contribution >= 4 is 5.96 Å². The molecule has 2 heterocycles. The molecule has 2 unspecified atom stereocenters. The van der Waals surface area contributed by atoms with Gasteiger partial charge in [-0.15, -0.1) is 0 Å². The fourth-order valence-electron chi connectivity index (χ4n) is 3.78. The van der Waals surface area contributed by atoms with Gasteiger partial charge >= 0.3 is 0 Å². The number of methoxy groups -OCH3 is 2. The number of ether oxygens (including phenoxy) is 2. The third-order valence-corrected chi connectivity index (χ3v) is 5.48. The normalized spacial score (nSPS) is 20.1. The Morgan fingerprint density at radius 2 is 2.11 bits per heavy atom. The highest BCUT2D eigenvalue weighted by molar-refractivity contribution is 5.80. The minimum atomic E-state index is 0.417. The summed E-state index contributed by atoms with van der Waals surface area (Å²) >= 11 is 0. The van der Waals surface area contributed by atoms with Gasteiger partial charge in [0, 0.05) is 39.1 Å². The zero-order chi connectivity index (χ0) is 19.9. The average molecular weight is 386 g/mol. The number of rotatable bonds is 6. The number of imidazole rings is 1. The Hall–Kier alpha value is -2.70. The van der Waals surface area contributed by atoms with E-state index in [1.807, 2.05) is 31.7 Å². The fraction of sp³-hybridized carbons (Fsp3) is 0.524. The Morgan fingerprint density at radius 1 is 1.29 bits per heavy atom. The van der Waals surface area contributed by atoms with Crippen molar-refractivity contribution in [2.75, 3.05) is 40.9 Å². The molecule has 2 aromatic rings. The molecular weight excluding hydrogens is 354 g/mol. The molecule has 0 aliphatic carbocycles. The number of hydrogen-bond donors (Lipinski definition) is 1. The lowest BCUT2D eigenvalue weighted by Crippen LogP contribution is -2.49. The van der Waals surface area contributed by atoms with E-state index in [1.54, 1.807) is 14.2 Å². The van der Waals surface area contributed by atoms with Gasteiger partial charge in [0.2, 0.25) is 0 Å². The van der Waals surface area contributed by atoms with Crippen molar-refractivity contribution in [3.05, 3.63) is 42.5 Å². The Balaban J connectivity index is 1.57. The molecule has 3 rings (SSSR count). The first-order valence-corrected chi connectivity index (χ1v) is 9.80. The molecule has 0 spiro atoms. The highest BCUT2D eigenvalue weighted by Crippen LogP contribution is 2.28. The highest BCUT2D eigenvalue weighted by atomic mass is 16.5. The Morgan fingerprint density at radius 3 is 2.79 bits per heavy atom. The first-order chi connectivity index (χ1) is 13.7. The van der Waals surface area contributed by atoms with Crippen molar-refractivity contribution in [1.82, 2.24) is 19.8 Å². The molecule has 2 atom stereocenters. The number of nitrogens with zero attached hydrogens (tertiary/aromatic N) is 4. The lowest BCUT2D eigenvalue weighted by atomic mass is 9.93. The van der Waals surface area contributed by atoms with Gasteiger partial charge in [0.25, 0.3) is 0 Å². The largest absolute Gasteiger partial charge is 0.493 e. The number of aliphatic imine (C=N–C) groups is 1. The van der Waals surface area contributed by atoms with Gasteiger partial charge in [0.05, 0.1) is 26.6 Å². The first kappa shape index (κ1) is 20.0. The van der Waals surface area contributed by atoms with Crippen LogP contribution < -0.4 is 14.8 Å². The molecule has 0 radical (unpaired) electrons. The Labute approximate surface area is 167 Å². The van der Waals surface area contributed by atoms with Crippen LogP contribution in [0.5, 0.6) is 11.5 Å². The molecule has 28 heavy (non-hydrogen) atoms. The molecule has 1 aromatic carbocycles. The topological polar surface area (TPSA) is 63.9 Å². The lowest BCUT2D eigenvalue weighted by molar-refractivity contribution is 0.189. The van der Waals surface area contributed by atoms with Crippen LogP contribution in [-0.4, -0.2) is 61.3 Å². The van der Waals surface area contributed by atoms with Crippen molar-refractivity contribution < 1.29 is 9.47 Å². The molecule has 0 saturated carbocycles. The minimum absolute atomic E-state index is 0.417. The number of hydrogen-bond acceptors (Lipinski definition) is 4. The Bertz CT molecular complexity index is 775. The maximum atomic E-state index is 5.39. The van der Waals surface area contributed by atoms with Crippen LogP contribution in [-0.2, 0) is 6.42 Å². The molecule has 1 aliphatic rings. The summed E-state index contributed by atoms with van der Waals surface area (Å²) in [5.74, 6) is 3.09. The van der Waals surface area contributed by atoms with E-state index in [9.17, 15) is 0 Å². The maximum Gasteiger partial charge on any atom is 0.193 e. The summed E-state index contributed by atoms with van der Waals surface area (Å²) in [5.41, 5.74) is 1.20. The quantitative estimate of drug-likeness (QED) is 0.612. The van der Waals surface area contributed by atoms with E-state index in [2.05, 4.69) is 43.9 Å². The van der Waals surface area contributed by atoms with Gasteiger partial charge in [-0.1, -0.05) is 13.0 Å². The van der Waals surface area contributed by atoms with Gasteiger partial charge in [-0.05, 0) is 36.5 Å². The molecule has 0 amide bonds. The van der Waals surface area contributed by atoms with Crippen LogP contribution in [0.2, 0.25) is 0 Å². The summed E-state index contributed by atoms with van der Waals surface area (Å²) in [6.07, 6.45) is 7.84. The van der Waals surface area contributed by atoms with Gasteiger partial charge in [0.15, 0.2) is 17.5 Å². The van der Waals surface area contributed by atoms with E-state index in [-0.39, 0.29) is 0 Å². The molecular formula is C21H31N5O2. The molecule has 1 saturated heterocycles. The average Bonchev–Trinajstić information content (AvgIpc) is 3.26. The summed E-state index contributed by atoms with van der Waals surface area (Å²) < 4.78 is 12.9. The molecule has 0 bridgehead atoms. The van der Waals surface area contributed by atoms with Crippen LogP contribution in [0, 0.1) is 5.92 Å². The third-order valence-electron chi connectivity index (χ3n) is 5.48. The van der Waals surface area contributed by atoms with Crippen molar-refractivity contribution in [3.63, 3.8) is 0 Å². The SMILES string of the molecule is CN=C(NCCc1ccc(OC)c(OC)c1)N1CCC(C)C(n2ccnc2)C1. The number of piperidine rings is 1. The predicted octanol–water partition coefficient (Wildman–Crippen LogP) is 2.60. The number of guanidine groups is 1. The maximum absolute atomic E-state index is 5.39. The summed E-state index contributed by atoms with van der Waals surface area (Å²) in [4.78, 5) is 11.1. The van der Waals surface area contributed by atoms with E-state index in [0.29, 0.717) is 12.0 Å². The number of aromatic nitrogens is 2. The van der Waals surface area contributed by atoms with Crippen LogP contribution >= 0.6 is 0 Å². The fourth-order valence-corrected chi connectivity index (χ4v) is 3.78. The van der Waals surface area contributed by atoms with E-state index in [0.717, 1.165) is 49.9 Å². The van der Waals surface area contributed by atoms with Crippen LogP contribution in [0.1, 0.15) is 24.9 Å². The van der Waals surface area contributed by atoms with Gasteiger partial charge in [-0.3, -0.25) is 4.99 Å². The molecule has 152 valence electrons. The van der Waals surface area contributed by atoms with Gasteiger partial charge in [0.1, 0.15) is 0 Å². The second-order valence-electron chi connectivity index (χ2n) is 7.20. The van der Waals surface area contributed by atoms with Crippen molar-refractivity contribution in [1.29, 1.82) is 0 Å². The molecule has 7 nitrogen and oxygen atoms in total. The number of benzene rings is 1. The van der Waals surface area contributed by atoms with Crippen molar-refractivity contribution in [2.24, 2.45) is 10.9 Å². The standard InChI is InChI=1S/C21H31N5O2/c1-16-8-11-25(14-18(16)26-12-10-23-15-26)21(22-2)24-9-7-17-5-6-19(27-3)20(13-17)28-4/h5-6,10,12-13,15-16,18H,7-9,11,14H2,1-4H3,(H,22,24). The smallest absolute Gasteiger partial charge is 0.193 e. The second kappa shape index (κ2) is 9.48. The zero-order valence-electron chi connectivity index (χ0n) is 17.3. The van der Waals surface area contributed by atoms with E-state index >= 15 is 0 Å². The van der Waals surface area contributed by atoms with E-state index < -0.39 is 0 Å². The first-order valence-electron chi connectivity index (χ1n) is 9.80. The minimum Gasteiger partial charge on any atom is -0.493 e. The summed E-state index contributed by atoms with van der Waals surface area (Å²) in [6.45, 7) is 5.08. The van der Waals surface area contributed by atoms with E-state index in [1.165, 1.54) is 5.56 Å². The third kappa shape index (κ3) is 4.58. The van der Waals surface area contributed by atoms with Gasteiger partial charge in [-0.2, -0.15) is 0 Å². The number of likely N-dealkylation sites (tertiary alicyclic amines) is 1. The summed E-state index contributed by atoms with van der Waals surface area (Å²) in [7, 11) is 5.17. The highest BCUT2D eigenvalue weighted by Gasteiger charge is 2.28. The van der Waals surface area contributed by atoms with Gasteiger partial charge in [-0.25, -0.2) is 4.98 Å². The van der Waals surface area contributed by atoms with Crippen molar-refractivity contribution in [3.8, 4) is 11.5 Å². The Kier molecular flexibility index (Phi) is 6.79. The molecule has 1 fully saturated rings. The predicted molar refractivity (Wildman–Crippen MR) is 111 cm³/mol. The van der Waals surface area contributed by atoms with Crippen LogP contribution in [0.25, 0.3) is 0 Å². The van der Waals surface area contributed by atoms with Crippen LogP contribution in [0.3, 0.4) is 0 Å². The summed E-state index contributed by atoms with van der Waals surface area (Å²) in [5, 5.41) is 3.51. The second-order valence-corrected chi connectivity index (χ2v) is 7.20. The molecule has 1 aromatic heterocycles. The monoisotopic (exact) mass is 385 g/mol. The number of nitrogens with one attached hydrogen (secondary N) is 1. The van der Waals surface area contributed by atoms with Crippen LogP contribution in [0.15, 0.2) is 41.9 Å². The zero-order valence-corrected chi connectivity index (χ0v) is 17.3.